The molecule has 0 aliphatic heterocycles. The van der Waals surface area contributed by atoms with Gasteiger partial charge in [0.05, 0.1) is 17.7 Å². The van der Waals surface area contributed by atoms with Gasteiger partial charge in [-0.05, 0) is 42.0 Å². The summed E-state index contributed by atoms with van der Waals surface area (Å²) in [6.45, 7) is 0. The highest BCUT2D eigenvalue weighted by atomic mass is 32.2. The number of ether oxygens (including phenoxy) is 1. The Morgan fingerprint density at radius 2 is 1.81 bits per heavy atom. The maximum Gasteiger partial charge on any atom is 0.175 e. The first-order valence-corrected chi connectivity index (χ1v) is 9.13. The number of nitrogens with two attached hydrogens (primary N) is 1. The van der Waals surface area contributed by atoms with Crippen molar-refractivity contribution >= 4 is 27.3 Å². The zero-order valence-corrected chi connectivity index (χ0v) is 13.5. The quantitative estimate of drug-likeness (QED) is 0.677. The minimum Gasteiger partial charge on any atom is -0.495 e. The number of benzene rings is 2. The number of hydrogen-bond donors (Lipinski definition) is 1. The van der Waals surface area contributed by atoms with Crippen LogP contribution in [0.5, 0.6) is 5.75 Å². The van der Waals surface area contributed by atoms with Crippen molar-refractivity contribution < 1.29 is 13.2 Å². The van der Waals surface area contributed by atoms with Crippen molar-refractivity contribution in [3.05, 3.63) is 48.0 Å². The second-order valence-electron chi connectivity index (χ2n) is 4.61. The number of thioether (sulfide) groups is 1. The lowest BCUT2D eigenvalue weighted by Gasteiger charge is -2.07. The van der Waals surface area contributed by atoms with E-state index in [0.717, 1.165) is 16.2 Å². The first-order valence-electron chi connectivity index (χ1n) is 6.25. The summed E-state index contributed by atoms with van der Waals surface area (Å²) in [6.07, 6.45) is 1.20. The fourth-order valence-corrected chi connectivity index (χ4v) is 3.30. The fourth-order valence-electron chi connectivity index (χ4n) is 1.82. The van der Waals surface area contributed by atoms with Gasteiger partial charge >= 0.3 is 0 Å². The van der Waals surface area contributed by atoms with Gasteiger partial charge in [0, 0.05) is 16.9 Å². The summed E-state index contributed by atoms with van der Waals surface area (Å²) < 4.78 is 27.9. The highest BCUT2D eigenvalue weighted by Gasteiger charge is 2.06. The SMILES string of the molecule is COc1ccc(CSc2ccc(S(C)(=O)=O)cc2)cc1N. The molecule has 0 heterocycles. The van der Waals surface area contributed by atoms with E-state index in [1.54, 1.807) is 31.0 Å². The van der Waals surface area contributed by atoms with Crippen LogP contribution >= 0.6 is 11.8 Å². The molecule has 0 spiro atoms. The van der Waals surface area contributed by atoms with Crippen LogP contribution in [0, 0.1) is 0 Å². The Morgan fingerprint density at radius 3 is 2.33 bits per heavy atom. The van der Waals surface area contributed by atoms with Crippen molar-refractivity contribution in [3.8, 4) is 5.75 Å². The van der Waals surface area contributed by atoms with Crippen LogP contribution in [0.25, 0.3) is 0 Å². The number of methoxy groups -OCH3 is 1. The van der Waals surface area contributed by atoms with E-state index in [-0.39, 0.29) is 0 Å². The summed E-state index contributed by atoms with van der Waals surface area (Å²) >= 11 is 1.62. The molecule has 0 saturated heterocycles. The van der Waals surface area contributed by atoms with Gasteiger partial charge in [-0.15, -0.1) is 11.8 Å². The van der Waals surface area contributed by atoms with Gasteiger partial charge in [0.25, 0.3) is 0 Å². The first-order chi connectivity index (χ1) is 9.90. The number of nitrogen functional groups attached to an aromatic ring is 1. The zero-order chi connectivity index (χ0) is 15.5. The van der Waals surface area contributed by atoms with Crippen LogP contribution in [0.1, 0.15) is 5.56 Å². The van der Waals surface area contributed by atoms with Crippen LogP contribution in [0.15, 0.2) is 52.3 Å². The van der Waals surface area contributed by atoms with Crippen LogP contribution in [0.2, 0.25) is 0 Å². The van der Waals surface area contributed by atoms with Gasteiger partial charge in [-0.2, -0.15) is 0 Å². The molecule has 0 radical (unpaired) electrons. The molecule has 21 heavy (non-hydrogen) atoms. The van der Waals surface area contributed by atoms with E-state index in [9.17, 15) is 8.42 Å². The van der Waals surface area contributed by atoms with E-state index in [1.807, 2.05) is 30.3 Å². The molecule has 112 valence electrons. The number of anilines is 1. The molecule has 0 fully saturated rings. The molecule has 2 aromatic carbocycles. The summed E-state index contributed by atoms with van der Waals surface area (Å²) in [6, 6.07) is 12.6. The molecule has 0 atom stereocenters. The summed E-state index contributed by atoms with van der Waals surface area (Å²) in [4.78, 5) is 1.34. The van der Waals surface area contributed by atoms with Crippen molar-refractivity contribution in [2.45, 2.75) is 15.5 Å². The summed E-state index contributed by atoms with van der Waals surface area (Å²) in [7, 11) is -1.55. The average Bonchev–Trinajstić information content (AvgIpc) is 2.45. The number of sulfone groups is 1. The van der Waals surface area contributed by atoms with E-state index >= 15 is 0 Å². The van der Waals surface area contributed by atoms with Crippen LogP contribution in [-0.4, -0.2) is 21.8 Å². The number of rotatable bonds is 5. The lowest BCUT2D eigenvalue weighted by Crippen LogP contribution is -1.96. The maximum absolute atomic E-state index is 11.4. The lowest BCUT2D eigenvalue weighted by molar-refractivity contribution is 0.417. The summed E-state index contributed by atoms with van der Waals surface area (Å²) in [5.41, 5.74) is 7.57. The smallest absolute Gasteiger partial charge is 0.175 e. The van der Waals surface area contributed by atoms with Gasteiger partial charge in [0.15, 0.2) is 9.84 Å². The van der Waals surface area contributed by atoms with Crippen LogP contribution < -0.4 is 10.5 Å². The van der Waals surface area contributed by atoms with Crippen molar-refractivity contribution in [3.63, 3.8) is 0 Å². The minimum atomic E-state index is -3.14. The summed E-state index contributed by atoms with van der Waals surface area (Å²) in [5.74, 6) is 1.42. The van der Waals surface area contributed by atoms with Gasteiger partial charge in [0.1, 0.15) is 5.75 Å². The molecule has 2 rings (SSSR count). The third kappa shape index (κ3) is 4.15. The van der Waals surface area contributed by atoms with Crippen molar-refractivity contribution in [2.75, 3.05) is 19.1 Å². The van der Waals surface area contributed by atoms with Crippen LogP contribution in [0.3, 0.4) is 0 Å². The van der Waals surface area contributed by atoms with E-state index in [4.69, 9.17) is 10.5 Å². The molecule has 2 N–H and O–H groups in total. The van der Waals surface area contributed by atoms with E-state index in [2.05, 4.69) is 0 Å². The van der Waals surface area contributed by atoms with Gasteiger partial charge in [-0.3, -0.25) is 0 Å². The second-order valence-corrected chi connectivity index (χ2v) is 7.67. The third-order valence-corrected chi connectivity index (χ3v) is 5.16. The standard InChI is InChI=1S/C15H17NO3S2/c1-19-15-8-3-11(9-14(15)16)10-20-12-4-6-13(7-5-12)21(2,17)18/h3-9H,10,16H2,1-2H3. The Balaban J connectivity index is 2.05. The van der Waals surface area contributed by atoms with Gasteiger partial charge in [0.2, 0.25) is 0 Å². The number of hydrogen-bond acceptors (Lipinski definition) is 5. The molecule has 0 aliphatic rings. The zero-order valence-electron chi connectivity index (χ0n) is 11.9. The lowest BCUT2D eigenvalue weighted by atomic mass is 10.2. The highest BCUT2D eigenvalue weighted by molar-refractivity contribution is 7.98. The first kappa shape index (κ1) is 15.7. The molecular formula is C15H17NO3S2. The van der Waals surface area contributed by atoms with E-state index in [0.29, 0.717) is 16.3 Å². The molecule has 6 heteroatoms. The van der Waals surface area contributed by atoms with Crippen LogP contribution in [-0.2, 0) is 15.6 Å². The van der Waals surface area contributed by atoms with Crippen molar-refractivity contribution in [1.29, 1.82) is 0 Å². The van der Waals surface area contributed by atoms with Crippen molar-refractivity contribution in [1.82, 2.24) is 0 Å². The molecule has 2 aromatic rings. The minimum absolute atomic E-state index is 0.334. The Hall–Kier alpha value is -1.66. The van der Waals surface area contributed by atoms with Crippen LogP contribution in [0.4, 0.5) is 5.69 Å². The fraction of sp³-hybridized carbons (Fsp3) is 0.200. The Kier molecular flexibility index (Phi) is 4.80. The molecule has 0 bridgehead atoms. The average molecular weight is 323 g/mol. The van der Waals surface area contributed by atoms with E-state index < -0.39 is 9.84 Å². The van der Waals surface area contributed by atoms with Crippen molar-refractivity contribution in [2.24, 2.45) is 0 Å². The monoisotopic (exact) mass is 323 g/mol. The predicted octanol–water partition coefficient (Wildman–Crippen LogP) is 2.97. The van der Waals surface area contributed by atoms with Gasteiger partial charge < -0.3 is 10.5 Å². The second kappa shape index (κ2) is 6.41. The normalized spacial score (nSPS) is 11.3. The Bertz CT molecular complexity index is 725. The third-order valence-electron chi connectivity index (χ3n) is 2.95. The molecule has 0 unspecified atom stereocenters. The molecule has 0 aliphatic carbocycles. The van der Waals surface area contributed by atoms with Gasteiger partial charge in [-0.25, -0.2) is 8.42 Å². The molecular weight excluding hydrogens is 306 g/mol. The predicted molar refractivity (Wildman–Crippen MR) is 86.5 cm³/mol. The topological polar surface area (TPSA) is 69.4 Å². The van der Waals surface area contributed by atoms with E-state index in [1.165, 1.54) is 6.26 Å². The summed E-state index contributed by atoms with van der Waals surface area (Å²) in [5, 5.41) is 0. The molecule has 0 amide bonds. The largest absolute Gasteiger partial charge is 0.495 e. The Labute approximate surface area is 129 Å². The maximum atomic E-state index is 11.4. The highest BCUT2D eigenvalue weighted by Crippen LogP contribution is 2.28. The Morgan fingerprint density at radius 1 is 1.14 bits per heavy atom. The molecule has 0 aromatic heterocycles. The molecule has 0 saturated carbocycles. The van der Waals surface area contributed by atoms with Gasteiger partial charge in [-0.1, -0.05) is 6.07 Å². The molecule has 4 nitrogen and oxygen atoms in total.